The number of aromatic nitrogens is 2. The second-order valence-corrected chi connectivity index (χ2v) is 6.62. The van der Waals surface area contributed by atoms with E-state index in [0.717, 1.165) is 17.9 Å². The highest BCUT2D eigenvalue weighted by Crippen LogP contribution is 2.17. The Morgan fingerprint density at radius 2 is 2.00 bits per heavy atom. The van der Waals surface area contributed by atoms with Crippen LogP contribution < -0.4 is 5.32 Å². The lowest BCUT2D eigenvalue weighted by Gasteiger charge is -2.26. The molecule has 0 bridgehead atoms. The number of rotatable bonds is 7. The maximum Gasteiger partial charge on any atom is 0.225 e. The molecule has 25 heavy (non-hydrogen) atoms. The topological polar surface area (TPSA) is 50.2 Å². The van der Waals surface area contributed by atoms with Gasteiger partial charge in [0.1, 0.15) is 5.82 Å². The van der Waals surface area contributed by atoms with Gasteiger partial charge in [-0.05, 0) is 39.8 Å². The number of aryl methyl sites for hydroxylation is 2. The molecule has 0 spiro atoms. The molecule has 5 nitrogen and oxygen atoms in total. The average Bonchev–Trinajstić information content (AvgIpc) is 2.79. The summed E-state index contributed by atoms with van der Waals surface area (Å²) in [4.78, 5) is 14.4. The Kier molecular flexibility index (Phi) is 6.31. The Bertz CT molecular complexity index is 739. The molecule has 1 aromatic heterocycles. The number of anilines is 1. The van der Waals surface area contributed by atoms with E-state index in [2.05, 4.69) is 36.1 Å². The number of para-hydroxylation sites is 1. The van der Waals surface area contributed by atoms with Gasteiger partial charge in [0.05, 0.1) is 11.4 Å². The fourth-order valence-electron chi connectivity index (χ4n) is 2.79. The molecule has 1 N–H and O–H groups in total. The van der Waals surface area contributed by atoms with Crippen molar-refractivity contribution in [3.63, 3.8) is 0 Å². The molecule has 0 aliphatic heterocycles. The Hall–Kier alpha value is -2.21. The van der Waals surface area contributed by atoms with E-state index in [-0.39, 0.29) is 11.6 Å². The molecular formula is C19H27FN4O. The normalized spacial score (nSPS) is 11.4. The first kappa shape index (κ1) is 19.1. The molecule has 1 aromatic carbocycles. The van der Waals surface area contributed by atoms with E-state index in [4.69, 9.17) is 0 Å². The zero-order chi connectivity index (χ0) is 18.6. The fourth-order valence-corrected chi connectivity index (χ4v) is 2.79. The third-order valence-electron chi connectivity index (χ3n) is 4.52. The summed E-state index contributed by atoms with van der Waals surface area (Å²) >= 11 is 0. The van der Waals surface area contributed by atoms with Crippen molar-refractivity contribution >= 4 is 11.6 Å². The molecule has 2 rings (SSSR count). The lowest BCUT2D eigenvalue weighted by Crippen LogP contribution is -2.33. The maximum atomic E-state index is 13.6. The molecule has 0 aliphatic rings. The van der Waals surface area contributed by atoms with Gasteiger partial charge in [-0.3, -0.25) is 14.4 Å². The number of halogens is 1. The minimum atomic E-state index is -0.418. The van der Waals surface area contributed by atoms with Crippen LogP contribution in [0.2, 0.25) is 0 Å². The van der Waals surface area contributed by atoms with Gasteiger partial charge in [0, 0.05) is 43.9 Å². The molecule has 0 unspecified atom stereocenters. The van der Waals surface area contributed by atoms with Crippen LogP contribution in [0, 0.1) is 19.7 Å². The minimum Gasteiger partial charge on any atom is -0.324 e. The third-order valence-corrected chi connectivity index (χ3v) is 4.52. The summed E-state index contributed by atoms with van der Waals surface area (Å²) in [5.41, 5.74) is 3.58. The monoisotopic (exact) mass is 346 g/mol. The van der Waals surface area contributed by atoms with E-state index in [9.17, 15) is 9.18 Å². The Morgan fingerprint density at radius 1 is 1.32 bits per heavy atom. The molecule has 0 fully saturated rings. The first-order valence-corrected chi connectivity index (χ1v) is 8.57. The molecular weight excluding hydrogens is 319 g/mol. The van der Waals surface area contributed by atoms with E-state index in [1.807, 2.05) is 18.7 Å². The van der Waals surface area contributed by atoms with Crippen molar-refractivity contribution in [1.82, 2.24) is 14.7 Å². The summed E-state index contributed by atoms with van der Waals surface area (Å²) < 4.78 is 15.5. The Balaban J connectivity index is 1.98. The summed E-state index contributed by atoms with van der Waals surface area (Å²) in [6.45, 7) is 9.62. The molecule has 136 valence electrons. The summed E-state index contributed by atoms with van der Waals surface area (Å²) in [6.07, 6.45) is 0.310. The molecule has 0 saturated carbocycles. The zero-order valence-corrected chi connectivity index (χ0v) is 15.6. The number of nitrogens with zero attached hydrogens (tertiary/aromatic N) is 3. The van der Waals surface area contributed by atoms with Crippen LogP contribution >= 0.6 is 0 Å². The van der Waals surface area contributed by atoms with Crippen LogP contribution in [0.3, 0.4) is 0 Å². The zero-order valence-electron chi connectivity index (χ0n) is 15.6. The van der Waals surface area contributed by atoms with Crippen molar-refractivity contribution in [1.29, 1.82) is 0 Å². The van der Waals surface area contributed by atoms with Gasteiger partial charge >= 0.3 is 0 Å². The van der Waals surface area contributed by atoms with E-state index < -0.39 is 5.82 Å². The lowest BCUT2D eigenvalue weighted by atomic mass is 10.1. The first-order valence-electron chi connectivity index (χ1n) is 8.57. The molecule has 0 saturated heterocycles. The molecule has 1 heterocycles. The van der Waals surface area contributed by atoms with Gasteiger partial charge < -0.3 is 5.32 Å². The Morgan fingerprint density at radius 3 is 2.56 bits per heavy atom. The largest absolute Gasteiger partial charge is 0.324 e. The molecule has 0 aliphatic carbocycles. The molecule has 2 aromatic rings. The maximum absolute atomic E-state index is 13.6. The van der Waals surface area contributed by atoms with Crippen LogP contribution in [-0.2, 0) is 18.4 Å². The van der Waals surface area contributed by atoms with Crippen LogP contribution in [-0.4, -0.2) is 33.2 Å². The van der Waals surface area contributed by atoms with Gasteiger partial charge in [-0.15, -0.1) is 0 Å². The predicted octanol–water partition coefficient (Wildman–Crippen LogP) is 3.42. The molecule has 1 amide bonds. The van der Waals surface area contributed by atoms with Gasteiger partial charge in [0.15, 0.2) is 0 Å². The van der Waals surface area contributed by atoms with Crippen molar-refractivity contribution in [2.45, 2.75) is 46.7 Å². The summed E-state index contributed by atoms with van der Waals surface area (Å²) in [7, 11) is 1.94. The van der Waals surface area contributed by atoms with Gasteiger partial charge in [-0.1, -0.05) is 12.1 Å². The fraction of sp³-hybridized carbons (Fsp3) is 0.474. The molecule has 0 radical (unpaired) electrons. The third kappa shape index (κ3) is 4.89. The average molecular weight is 346 g/mol. The number of carbonyl (C=O) groups is 1. The second-order valence-electron chi connectivity index (χ2n) is 6.62. The van der Waals surface area contributed by atoms with E-state index in [1.54, 1.807) is 18.2 Å². The van der Waals surface area contributed by atoms with E-state index in [1.165, 1.54) is 11.6 Å². The van der Waals surface area contributed by atoms with Crippen molar-refractivity contribution in [3.8, 4) is 0 Å². The van der Waals surface area contributed by atoms with Crippen LogP contribution in [0.5, 0.6) is 0 Å². The van der Waals surface area contributed by atoms with Crippen molar-refractivity contribution < 1.29 is 9.18 Å². The SMILES string of the molecule is Cc1nn(C)c(C)c1CN(CCC(=O)Nc1ccccc1F)C(C)C. The molecule has 0 atom stereocenters. The highest BCUT2D eigenvalue weighted by atomic mass is 19.1. The van der Waals surface area contributed by atoms with Crippen LogP contribution in [0.15, 0.2) is 24.3 Å². The number of carbonyl (C=O) groups excluding carboxylic acids is 1. The first-order chi connectivity index (χ1) is 11.8. The summed E-state index contributed by atoms with van der Waals surface area (Å²) in [5, 5.41) is 7.09. The highest BCUT2D eigenvalue weighted by Gasteiger charge is 2.17. The van der Waals surface area contributed by atoms with Crippen molar-refractivity contribution in [2.75, 3.05) is 11.9 Å². The van der Waals surface area contributed by atoms with Crippen molar-refractivity contribution in [2.24, 2.45) is 7.05 Å². The van der Waals surface area contributed by atoms with Crippen LogP contribution in [0.25, 0.3) is 0 Å². The number of amides is 1. The molecule has 6 heteroatoms. The quantitative estimate of drug-likeness (QED) is 0.836. The van der Waals surface area contributed by atoms with Gasteiger partial charge in [0.25, 0.3) is 0 Å². The van der Waals surface area contributed by atoms with Crippen LogP contribution in [0.4, 0.5) is 10.1 Å². The standard InChI is InChI=1S/C19H27FN4O/c1-13(2)24(12-16-14(3)22-23(5)15(16)4)11-10-19(25)21-18-9-7-6-8-17(18)20/h6-9,13H,10-12H2,1-5H3,(H,21,25). The van der Waals surface area contributed by atoms with E-state index in [0.29, 0.717) is 19.0 Å². The van der Waals surface area contributed by atoms with Crippen molar-refractivity contribution in [3.05, 3.63) is 47.0 Å². The van der Waals surface area contributed by atoms with Gasteiger partial charge in [-0.2, -0.15) is 5.10 Å². The highest BCUT2D eigenvalue weighted by molar-refractivity contribution is 5.90. The van der Waals surface area contributed by atoms with Crippen LogP contribution in [0.1, 0.15) is 37.2 Å². The number of hydrogen-bond donors (Lipinski definition) is 1. The Labute approximate surface area is 148 Å². The van der Waals surface area contributed by atoms with Gasteiger partial charge in [-0.25, -0.2) is 4.39 Å². The number of nitrogens with one attached hydrogen (secondary N) is 1. The smallest absolute Gasteiger partial charge is 0.225 e. The summed E-state index contributed by atoms with van der Waals surface area (Å²) in [5.74, 6) is -0.603. The number of benzene rings is 1. The van der Waals surface area contributed by atoms with E-state index >= 15 is 0 Å². The summed E-state index contributed by atoms with van der Waals surface area (Å²) in [6, 6.07) is 6.50. The number of hydrogen-bond acceptors (Lipinski definition) is 3. The van der Waals surface area contributed by atoms with Gasteiger partial charge in [0.2, 0.25) is 5.91 Å². The second kappa shape index (κ2) is 8.25. The predicted molar refractivity (Wildman–Crippen MR) is 97.9 cm³/mol. The minimum absolute atomic E-state index is 0.185. The lowest BCUT2D eigenvalue weighted by molar-refractivity contribution is -0.116.